The molecule has 0 spiro atoms. The number of carbonyl (C=O) groups excluding carboxylic acids is 1. The van der Waals surface area contributed by atoms with E-state index in [1.165, 1.54) is 5.56 Å². The Morgan fingerprint density at radius 3 is 2.70 bits per heavy atom. The number of aliphatic hydroxyl groups is 1. The minimum Gasteiger partial charge on any atom is -0.454 e. The summed E-state index contributed by atoms with van der Waals surface area (Å²) >= 11 is 0. The fourth-order valence-electron chi connectivity index (χ4n) is 4.12. The maximum absolute atomic E-state index is 12.3. The molecule has 0 saturated heterocycles. The van der Waals surface area contributed by atoms with E-state index in [0.29, 0.717) is 19.3 Å². The Balaban J connectivity index is 1.91. The lowest BCUT2D eigenvalue weighted by Gasteiger charge is -2.51. The van der Waals surface area contributed by atoms with Gasteiger partial charge in [-0.15, -0.1) is 0 Å². The third-order valence-corrected chi connectivity index (χ3v) is 5.40. The Morgan fingerprint density at radius 2 is 1.90 bits per heavy atom. The van der Waals surface area contributed by atoms with E-state index in [1.807, 2.05) is 19.1 Å². The molecule has 0 amide bonds. The van der Waals surface area contributed by atoms with Gasteiger partial charge in [0.2, 0.25) is 6.79 Å². The molecule has 4 rings (SSSR count). The highest BCUT2D eigenvalue weighted by molar-refractivity contribution is 5.90. The van der Waals surface area contributed by atoms with Crippen molar-refractivity contribution in [2.24, 2.45) is 0 Å². The van der Waals surface area contributed by atoms with Crippen LogP contribution >= 0.6 is 0 Å². The third-order valence-electron chi connectivity index (χ3n) is 5.40. The van der Waals surface area contributed by atoms with E-state index in [1.54, 1.807) is 0 Å². The summed E-state index contributed by atoms with van der Waals surface area (Å²) in [4.78, 5) is 12.3. The van der Waals surface area contributed by atoms with E-state index in [2.05, 4.69) is 0 Å². The largest absolute Gasteiger partial charge is 0.454 e. The van der Waals surface area contributed by atoms with Gasteiger partial charge in [-0.25, -0.2) is 0 Å². The molecule has 1 saturated carbocycles. The Bertz CT molecular complexity index is 609. The molecular formula is C16H18O4. The van der Waals surface area contributed by atoms with Gasteiger partial charge >= 0.3 is 0 Å². The lowest BCUT2D eigenvalue weighted by Crippen LogP contribution is -2.60. The number of hydrogen-bond acceptors (Lipinski definition) is 4. The van der Waals surface area contributed by atoms with E-state index in [-0.39, 0.29) is 12.6 Å². The van der Waals surface area contributed by atoms with Crippen LogP contribution in [0.25, 0.3) is 0 Å². The van der Waals surface area contributed by atoms with Gasteiger partial charge in [0.15, 0.2) is 17.3 Å². The Kier molecular flexibility index (Phi) is 2.29. The van der Waals surface area contributed by atoms with Crippen molar-refractivity contribution >= 4 is 5.78 Å². The normalized spacial score (nSPS) is 34.6. The molecule has 1 aromatic rings. The first-order valence-electron chi connectivity index (χ1n) is 7.23. The van der Waals surface area contributed by atoms with E-state index in [4.69, 9.17) is 9.47 Å². The molecule has 2 atom stereocenters. The van der Waals surface area contributed by atoms with Crippen LogP contribution in [-0.4, -0.2) is 23.3 Å². The first-order chi connectivity index (χ1) is 9.54. The summed E-state index contributed by atoms with van der Waals surface area (Å²) in [5.74, 6) is 1.50. The van der Waals surface area contributed by atoms with Crippen molar-refractivity contribution in [3.05, 3.63) is 23.3 Å². The summed E-state index contributed by atoms with van der Waals surface area (Å²) in [5.41, 5.74) is 0.516. The lowest BCUT2D eigenvalue weighted by atomic mass is 9.55. The highest BCUT2D eigenvalue weighted by Gasteiger charge is 2.57. The van der Waals surface area contributed by atoms with Crippen molar-refractivity contribution in [3.63, 3.8) is 0 Å². The molecule has 0 aromatic heterocycles. The summed E-state index contributed by atoms with van der Waals surface area (Å²) in [6, 6.07) is 3.99. The lowest BCUT2D eigenvalue weighted by molar-refractivity contribution is -0.153. The molecule has 106 valence electrons. The molecule has 20 heavy (non-hydrogen) atoms. The Morgan fingerprint density at radius 1 is 1.15 bits per heavy atom. The highest BCUT2D eigenvalue weighted by Crippen LogP contribution is 2.53. The van der Waals surface area contributed by atoms with Gasteiger partial charge in [0.05, 0.1) is 0 Å². The summed E-state index contributed by atoms with van der Waals surface area (Å²) in [5, 5.41) is 11.0. The van der Waals surface area contributed by atoms with Crippen LogP contribution in [0.15, 0.2) is 12.1 Å². The van der Waals surface area contributed by atoms with Crippen LogP contribution < -0.4 is 9.47 Å². The van der Waals surface area contributed by atoms with Crippen molar-refractivity contribution in [2.45, 2.75) is 50.0 Å². The molecule has 1 fully saturated rings. The molecule has 1 N–H and O–H groups in total. The summed E-state index contributed by atoms with van der Waals surface area (Å²) in [6.45, 7) is 2.27. The zero-order valence-electron chi connectivity index (χ0n) is 11.6. The molecule has 1 aromatic carbocycles. The van der Waals surface area contributed by atoms with Gasteiger partial charge in [0, 0.05) is 11.8 Å². The molecule has 1 heterocycles. The van der Waals surface area contributed by atoms with Gasteiger partial charge in [0.25, 0.3) is 0 Å². The molecule has 3 aliphatic rings. The second kappa shape index (κ2) is 3.76. The molecule has 4 nitrogen and oxygen atoms in total. The van der Waals surface area contributed by atoms with Crippen LogP contribution in [0.2, 0.25) is 0 Å². The van der Waals surface area contributed by atoms with Crippen molar-refractivity contribution in [3.8, 4) is 11.5 Å². The number of rotatable bonds is 0. The standard InChI is InChI=1S/C16H18O4/c1-15-5-2-3-14(17)16(15,18)6-4-10-7-12-13(8-11(10)15)20-9-19-12/h7-8,18H,2-6,9H2,1H3/t15-,16+/m0/s1. The predicted molar refractivity (Wildman–Crippen MR) is 72.0 cm³/mol. The zero-order chi connectivity index (χ0) is 14.0. The van der Waals surface area contributed by atoms with Crippen LogP contribution in [0.3, 0.4) is 0 Å². The first-order valence-corrected chi connectivity index (χ1v) is 7.23. The monoisotopic (exact) mass is 274 g/mol. The molecule has 0 bridgehead atoms. The molecule has 2 aliphatic carbocycles. The van der Waals surface area contributed by atoms with Crippen molar-refractivity contribution < 1.29 is 19.4 Å². The van der Waals surface area contributed by atoms with Gasteiger partial charge in [0.1, 0.15) is 5.60 Å². The van der Waals surface area contributed by atoms with Crippen molar-refractivity contribution in [1.82, 2.24) is 0 Å². The third kappa shape index (κ3) is 1.32. The second-order valence-corrected chi connectivity index (χ2v) is 6.33. The van der Waals surface area contributed by atoms with Gasteiger partial charge in [-0.3, -0.25) is 4.79 Å². The van der Waals surface area contributed by atoms with Crippen LogP contribution in [0, 0.1) is 0 Å². The van der Waals surface area contributed by atoms with Crippen LogP contribution in [0.1, 0.15) is 43.7 Å². The smallest absolute Gasteiger partial charge is 0.231 e. The van der Waals surface area contributed by atoms with Gasteiger partial charge in [-0.05, 0) is 48.9 Å². The molecule has 1 aliphatic heterocycles. The predicted octanol–water partition coefficient (Wildman–Crippen LogP) is 2.10. The number of ether oxygens (including phenoxy) is 2. The quantitative estimate of drug-likeness (QED) is 0.787. The number of aryl methyl sites for hydroxylation is 1. The number of carbonyl (C=O) groups is 1. The van der Waals surface area contributed by atoms with Crippen molar-refractivity contribution in [2.75, 3.05) is 6.79 Å². The molecule has 0 radical (unpaired) electrons. The van der Waals surface area contributed by atoms with E-state index < -0.39 is 11.0 Å². The number of Topliss-reactive ketones (excluding diaryl/α,β-unsaturated/α-hetero) is 1. The maximum atomic E-state index is 12.3. The second-order valence-electron chi connectivity index (χ2n) is 6.33. The minimum absolute atomic E-state index is 0.00503. The molecule has 4 heteroatoms. The fourth-order valence-corrected chi connectivity index (χ4v) is 4.12. The van der Waals surface area contributed by atoms with E-state index >= 15 is 0 Å². The van der Waals surface area contributed by atoms with Gasteiger partial charge in [-0.2, -0.15) is 0 Å². The zero-order valence-corrected chi connectivity index (χ0v) is 11.6. The average molecular weight is 274 g/mol. The SMILES string of the molecule is C[C@@]12CCCC(=O)[C@]1(O)CCc1cc3c(cc12)OCO3. The number of hydrogen-bond donors (Lipinski definition) is 1. The number of ketones is 1. The van der Waals surface area contributed by atoms with Crippen LogP contribution in [0.5, 0.6) is 11.5 Å². The summed E-state index contributed by atoms with van der Waals surface area (Å²) in [6.07, 6.45) is 3.39. The number of fused-ring (bicyclic) bond motifs is 4. The summed E-state index contributed by atoms with van der Waals surface area (Å²) < 4.78 is 10.9. The Labute approximate surface area is 117 Å². The average Bonchev–Trinajstić information content (AvgIpc) is 2.88. The van der Waals surface area contributed by atoms with Crippen LogP contribution in [-0.2, 0) is 16.6 Å². The topological polar surface area (TPSA) is 55.8 Å². The first kappa shape index (κ1) is 12.2. The van der Waals surface area contributed by atoms with E-state index in [9.17, 15) is 9.90 Å². The summed E-state index contributed by atoms with van der Waals surface area (Å²) in [7, 11) is 0. The highest BCUT2D eigenvalue weighted by atomic mass is 16.7. The van der Waals surface area contributed by atoms with Crippen LogP contribution in [0.4, 0.5) is 0 Å². The Hall–Kier alpha value is -1.55. The maximum Gasteiger partial charge on any atom is 0.231 e. The number of benzene rings is 1. The van der Waals surface area contributed by atoms with Gasteiger partial charge < -0.3 is 14.6 Å². The minimum atomic E-state index is -1.22. The van der Waals surface area contributed by atoms with Gasteiger partial charge in [-0.1, -0.05) is 6.92 Å². The van der Waals surface area contributed by atoms with E-state index in [0.717, 1.165) is 29.9 Å². The molecular weight excluding hydrogens is 256 g/mol. The molecule has 0 unspecified atom stereocenters. The van der Waals surface area contributed by atoms with Crippen molar-refractivity contribution in [1.29, 1.82) is 0 Å². The fraction of sp³-hybridized carbons (Fsp3) is 0.562.